The predicted octanol–water partition coefficient (Wildman–Crippen LogP) is 0.921. The second-order valence-corrected chi connectivity index (χ2v) is 7.54. The van der Waals surface area contributed by atoms with Crippen LogP contribution in [0.1, 0.15) is 36.2 Å². The molecule has 4 N–H and O–H groups in total. The lowest BCUT2D eigenvalue weighted by molar-refractivity contribution is 0.0789. The van der Waals surface area contributed by atoms with Crippen LogP contribution in [0.4, 0.5) is 0 Å². The van der Waals surface area contributed by atoms with Gasteiger partial charge in [0.05, 0.1) is 5.75 Å². The first-order chi connectivity index (χ1) is 10.1. The quantitative estimate of drug-likeness (QED) is 0.776. The first-order valence-electron chi connectivity index (χ1n) is 7.20. The van der Waals surface area contributed by atoms with E-state index in [0.29, 0.717) is 23.6 Å². The van der Waals surface area contributed by atoms with Crippen LogP contribution in [-0.2, 0) is 15.8 Å². The van der Waals surface area contributed by atoms with E-state index in [1.54, 1.807) is 36.2 Å². The van der Waals surface area contributed by atoms with Gasteiger partial charge in [0, 0.05) is 25.2 Å². The number of primary sulfonamides is 1. The van der Waals surface area contributed by atoms with Gasteiger partial charge < -0.3 is 10.6 Å². The van der Waals surface area contributed by atoms with Gasteiger partial charge in [-0.15, -0.1) is 0 Å². The van der Waals surface area contributed by atoms with Gasteiger partial charge in [-0.05, 0) is 30.0 Å². The third-order valence-electron chi connectivity index (χ3n) is 3.57. The molecule has 22 heavy (non-hydrogen) atoms. The van der Waals surface area contributed by atoms with Crippen molar-refractivity contribution in [1.29, 1.82) is 0 Å². The highest BCUT2D eigenvalue weighted by atomic mass is 32.2. The Balaban J connectivity index is 2.65. The molecule has 6 nitrogen and oxygen atoms in total. The van der Waals surface area contributed by atoms with Crippen LogP contribution >= 0.6 is 0 Å². The van der Waals surface area contributed by atoms with Crippen LogP contribution in [0.2, 0.25) is 0 Å². The van der Waals surface area contributed by atoms with Gasteiger partial charge >= 0.3 is 0 Å². The molecule has 0 spiro atoms. The highest BCUT2D eigenvalue weighted by Crippen LogP contribution is 2.10. The fourth-order valence-corrected chi connectivity index (χ4v) is 2.63. The first kappa shape index (κ1) is 18.6. The van der Waals surface area contributed by atoms with E-state index in [-0.39, 0.29) is 17.7 Å². The van der Waals surface area contributed by atoms with Crippen molar-refractivity contribution in [3.63, 3.8) is 0 Å². The van der Waals surface area contributed by atoms with Gasteiger partial charge in [0.2, 0.25) is 10.0 Å². The van der Waals surface area contributed by atoms with Crippen LogP contribution < -0.4 is 10.9 Å². The van der Waals surface area contributed by atoms with Gasteiger partial charge in [-0.1, -0.05) is 26.0 Å². The van der Waals surface area contributed by atoms with Gasteiger partial charge in [-0.3, -0.25) is 4.79 Å². The van der Waals surface area contributed by atoms with Crippen LogP contribution in [0.15, 0.2) is 24.3 Å². The van der Waals surface area contributed by atoms with Crippen molar-refractivity contribution in [3.05, 3.63) is 35.4 Å². The molecule has 0 heterocycles. The molecule has 0 bridgehead atoms. The summed E-state index contributed by atoms with van der Waals surface area (Å²) < 4.78 is 22.0. The smallest absolute Gasteiger partial charge is 0.253 e. The van der Waals surface area contributed by atoms with Gasteiger partial charge in [-0.25, -0.2) is 13.6 Å². The Bertz CT molecular complexity index is 597. The van der Waals surface area contributed by atoms with Crippen molar-refractivity contribution in [3.8, 4) is 0 Å². The van der Waals surface area contributed by atoms with E-state index in [2.05, 4.69) is 13.8 Å². The summed E-state index contributed by atoms with van der Waals surface area (Å²) >= 11 is 0. The van der Waals surface area contributed by atoms with Crippen LogP contribution in [-0.4, -0.2) is 38.9 Å². The minimum atomic E-state index is -3.56. The summed E-state index contributed by atoms with van der Waals surface area (Å²) in [6.45, 7) is 4.69. The molecule has 0 radical (unpaired) electrons. The topological polar surface area (TPSA) is 106 Å². The number of nitrogens with two attached hydrogens (primary N) is 2. The highest BCUT2D eigenvalue weighted by Gasteiger charge is 2.15. The van der Waals surface area contributed by atoms with E-state index in [1.165, 1.54) is 0 Å². The van der Waals surface area contributed by atoms with Crippen molar-refractivity contribution < 1.29 is 13.2 Å². The standard InChI is InChI=1S/C15H25N3O3S/c1-11(2)14(16)8-9-18(3)15(19)13-6-4-12(5-7-13)10-22(17,20)21/h4-7,11,14H,8-10,16H2,1-3H3,(H2,17,20,21). The molecule has 1 rings (SSSR count). The number of nitrogens with zero attached hydrogens (tertiary/aromatic N) is 1. The molecule has 0 aromatic heterocycles. The third kappa shape index (κ3) is 6.13. The maximum absolute atomic E-state index is 12.3. The minimum Gasteiger partial charge on any atom is -0.342 e. The second kappa shape index (κ2) is 7.71. The average molecular weight is 327 g/mol. The molecule has 1 amide bonds. The number of benzene rings is 1. The zero-order chi connectivity index (χ0) is 16.9. The first-order valence-corrected chi connectivity index (χ1v) is 8.92. The number of carbonyl (C=O) groups excluding carboxylic acids is 1. The van der Waals surface area contributed by atoms with E-state index in [1.807, 2.05) is 0 Å². The Hall–Kier alpha value is -1.44. The third-order valence-corrected chi connectivity index (χ3v) is 4.31. The van der Waals surface area contributed by atoms with E-state index < -0.39 is 10.0 Å². The number of carbonyl (C=O) groups is 1. The molecule has 0 aliphatic carbocycles. The molecule has 0 aliphatic rings. The molecule has 1 aromatic rings. The lowest BCUT2D eigenvalue weighted by Crippen LogP contribution is -2.34. The zero-order valence-electron chi connectivity index (χ0n) is 13.3. The molecular formula is C15H25N3O3S. The van der Waals surface area contributed by atoms with Crippen LogP contribution in [0.3, 0.4) is 0 Å². The molecule has 1 aromatic carbocycles. The molecule has 0 saturated heterocycles. The Morgan fingerprint density at radius 2 is 1.77 bits per heavy atom. The molecule has 124 valence electrons. The van der Waals surface area contributed by atoms with Gasteiger partial charge in [0.15, 0.2) is 0 Å². The van der Waals surface area contributed by atoms with Crippen LogP contribution in [0.5, 0.6) is 0 Å². The van der Waals surface area contributed by atoms with Gasteiger partial charge in [0.1, 0.15) is 0 Å². The second-order valence-electron chi connectivity index (χ2n) is 5.93. The average Bonchev–Trinajstić information content (AvgIpc) is 2.42. The molecule has 1 atom stereocenters. The van der Waals surface area contributed by atoms with Gasteiger partial charge in [0.25, 0.3) is 5.91 Å². The minimum absolute atomic E-state index is 0.0624. The van der Waals surface area contributed by atoms with Crippen molar-refractivity contribution in [2.45, 2.75) is 32.1 Å². The summed E-state index contributed by atoms with van der Waals surface area (Å²) in [4.78, 5) is 13.9. The Morgan fingerprint density at radius 1 is 1.23 bits per heavy atom. The fraction of sp³-hybridized carbons (Fsp3) is 0.533. The summed E-state index contributed by atoms with van der Waals surface area (Å²) in [5.74, 6) is 0.0275. The number of amides is 1. The van der Waals surface area contributed by atoms with Crippen LogP contribution in [0, 0.1) is 5.92 Å². The predicted molar refractivity (Wildman–Crippen MR) is 87.6 cm³/mol. The molecule has 0 fully saturated rings. The summed E-state index contributed by atoms with van der Waals surface area (Å²) in [7, 11) is -1.83. The number of hydrogen-bond donors (Lipinski definition) is 2. The van der Waals surface area contributed by atoms with E-state index in [0.717, 1.165) is 6.42 Å². The van der Waals surface area contributed by atoms with E-state index >= 15 is 0 Å². The maximum Gasteiger partial charge on any atom is 0.253 e. The van der Waals surface area contributed by atoms with E-state index in [4.69, 9.17) is 10.9 Å². The summed E-state index contributed by atoms with van der Waals surface area (Å²) in [6, 6.07) is 6.49. The largest absolute Gasteiger partial charge is 0.342 e. The summed E-state index contributed by atoms with van der Waals surface area (Å²) in [5.41, 5.74) is 7.05. The highest BCUT2D eigenvalue weighted by molar-refractivity contribution is 7.88. The molecule has 0 aliphatic heterocycles. The molecular weight excluding hydrogens is 302 g/mol. The summed E-state index contributed by atoms with van der Waals surface area (Å²) in [5, 5.41) is 4.99. The fourth-order valence-electron chi connectivity index (χ4n) is 1.97. The molecule has 1 unspecified atom stereocenters. The Morgan fingerprint density at radius 3 is 2.23 bits per heavy atom. The SMILES string of the molecule is CC(C)C(N)CCN(C)C(=O)c1ccc(CS(N)(=O)=O)cc1. The Labute approximate surface area is 132 Å². The number of sulfonamides is 1. The lowest BCUT2D eigenvalue weighted by Gasteiger charge is -2.21. The van der Waals surface area contributed by atoms with Crippen molar-refractivity contribution in [1.82, 2.24) is 4.90 Å². The molecule has 0 saturated carbocycles. The maximum atomic E-state index is 12.3. The van der Waals surface area contributed by atoms with Crippen molar-refractivity contribution in [2.75, 3.05) is 13.6 Å². The van der Waals surface area contributed by atoms with E-state index in [9.17, 15) is 13.2 Å². The number of hydrogen-bond acceptors (Lipinski definition) is 4. The zero-order valence-corrected chi connectivity index (χ0v) is 14.1. The van der Waals surface area contributed by atoms with Crippen LogP contribution in [0.25, 0.3) is 0 Å². The monoisotopic (exact) mass is 327 g/mol. The summed E-state index contributed by atoms with van der Waals surface area (Å²) in [6.07, 6.45) is 0.739. The molecule has 7 heteroatoms. The normalized spacial score (nSPS) is 13.2. The van der Waals surface area contributed by atoms with Gasteiger partial charge in [-0.2, -0.15) is 0 Å². The number of rotatable bonds is 7. The van der Waals surface area contributed by atoms with Crippen molar-refractivity contribution in [2.24, 2.45) is 16.8 Å². The lowest BCUT2D eigenvalue weighted by atomic mass is 10.0. The van der Waals surface area contributed by atoms with Crippen molar-refractivity contribution >= 4 is 15.9 Å². The Kier molecular flexibility index (Phi) is 6.52.